The number of amides is 1. The summed E-state index contributed by atoms with van der Waals surface area (Å²) in [5, 5.41) is 9.12. The van der Waals surface area contributed by atoms with Gasteiger partial charge in [-0.1, -0.05) is 6.07 Å². The summed E-state index contributed by atoms with van der Waals surface area (Å²) in [5.41, 5.74) is 12.4. The van der Waals surface area contributed by atoms with E-state index in [1.54, 1.807) is 24.3 Å². The van der Waals surface area contributed by atoms with Crippen LogP contribution in [-0.2, 0) is 6.61 Å². The SMILES string of the molecule is COc1cc(CO)ccc1Oc1cc(N)ccc1C(N)=O. The number of anilines is 1. The van der Waals surface area contributed by atoms with E-state index in [2.05, 4.69) is 0 Å². The number of carbonyl (C=O) groups is 1. The molecular formula is C15H16N2O4. The Labute approximate surface area is 121 Å². The molecule has 110 valence electrons. The highest BCUT2D eigenvalue weighted by Gasteiger charge is 2.13. The number of nitrogens with two attached hydrogens (primary N) is 2. The second-order valence-corrected chi connectivity index (χ2v) is 4.37. The summed E-state index contributed by atoms with van der Waals surface area (Å²) in [7, 11) is 1.48. The Morgan fingerprint density at radius 3 is 2.52 bits per heavy atom. The van der Waals surface area contributed by atoms with E-state index in [1.165, 1.54) is 19.2 Å². The number of ether oxygens (including phenoxy) is 2. The molecule has 0 radical (unpaired) electrons. The molecule has 2 aromatic carbocycles. The summed E-state index contributed by atoms with van der Waals surface area (Å²) in [6.07, 6.45) is 0. The highest BCUT2D eigenvalue weighted by Crippen LogP contribution is 2.34. The lowest BCUT2D eigenvalue weighted by atomic mass is 10.1. The highest BCUT2D eigenvalue weighted by atomic mass is 16.5. The maximum Gasteiger partial charge on any atom is 0.252 e. The maximum absolute atomic E-state index is 11.4. The van der Waals surface area contributed by atoms with Crippen molar-refractivity contribution in [3.8, 4) is 17.2 Å². The van der Waals surface area contributed by atoms with Gasteiger partial charge in [0.1, 0.15) is 5.75 Å². The number of nitrogen functional groups attached to an aromatic ring is 1. The van der Waals surface area contributed by atoms with Crippen molar-refractivity contribution in [2.45, 2.75) is 6.61 Å². The molecule has 0 bridgehead atoms. The first-order valence-electron chi connectivity index (χ1n) is 6.20. The summed E-state index contributed by atoms with van der Waals surface area (Å²) in [4.78, 5) is 11.4. The van der Waals surface area contributed by atoms with E-state index in [0.29, 0.717) is 22.7 Å². The number of primary amides is 1. The molecular weight excluding hydrogens is 272 g/mol. The minimum Gasteiger partial charge on any atom is -0.493 e. The van der Waals surface area contributed by atoms with Crippen LogP contribution in [0.5, 0.6) is 17.2 Å². The van der Waals surface area contributed by atoms with Gasteiger partial charge >= 0.3 is 0 Å². The van der Waals surface area contributed by atoms with Crippen molar-refractivity contribution in [3.63, 3.8) is 0 Å². The zero-order chi connectivity index (χ0) is 15.4. The molecule has 0 aliphatic rings. The van der Waals surface area contributed by atoms with Crippen LogP contribution >= 0.6 is 0 Å². The first-order valence-corrected chi connectivity index (χ1v) is 6.20. The van der Waals surface area contributed by atoms with Gasteiger partial charge in [0.2, 0.25) is 0 Å². The number of carbonyl (C=O) groups excluding carboxylic acids is 1. The van der Waals surface area contributed by atoms with Gasteiger partial charge in [-0.25, -0.2) is 0 Å². The van der Waals surface area contributed by atoms with Gasteiger partial charge in [0.15, 0.2) is 11.5 Å². The normalized spacial score (nSPS) is 10.2. The average molecular weight is 288 g/mol. The largest absolute Gasteiger partial charge is 0.493 e. The Morgan fingerprint density at radius 1 is 1.14 bits per heavy atom. The summed E-state index contributed by atoms with van der Waals surface area (Å²) in [6.45, 7) is -0.110. The second kappa shape index (κ2) is 6.15. The average Bonchev–Trinajstić information content (AvgIpc) is 2.47. The van der Waals surface area contributed by atoms with Crippen molar-refractivity contribution < 1.29 is 19.4 Å². The molecule has 0 unspecified atom stereocenters. The monoisotopic (exact) mass is 288 g/mol. The molecule has 0 aromatic heterocycles. The van der Waals surface area contributed by atoms with Gasteiger partial charge in [0.05, 0.1) is 19.3 Å². The van der Waals surface area contributed by atoms with Crippen LogP contribution < -0.4 is 20.9 Å². The summed E-state index contributed by atoms with van der Waals surface area (Å²) < 4.78 is 10.9. The van der Waals surface area contributed by atoms with Crippen LogP contribution in [0.3, 0.4) is 0 Å². The molecule has 2 rings (SSSR count). The van der Waals surface area contributed by atoms with Crippen molar-refractivity contribution in [2.24, 2.45) is 5.73 Å². The smallest absolute Gasteiger partial charge is 0.252 e. The van der Waals surface area contributed by atoms with Gasteiger partial charge in [-0.2, -0.15) is 0 Å². The molecule has 6 heteroatoms. The lowest BCUT2D eigenvalue weighted by molar-refractivity contribution is 0.0998. The Kier molecular flexibility index (Phi) is 4.30. The molecule has 0 spiro atoms. The van der Waals surface area contributed by atoms with Crippen molar-refractivity contribution in [3.05, 3.63) is 47.5 Å². The fourth-order valence-electron chi connectivity index (χ4n) is 1.84. The molecule has 0 fully saturated rings. The van der Waals surface area contributed by atoms with E-state index in [9.17, 15) is 4.79 Å². The molecule has 2 aromatic rings. The Hall–Kier alpha value is -2.73. The van der Waals surface area contributed by atoms with Crippen LogP contribution in [0, 0.1) is 0 Å². The molecule has 0 atom stereocenters. The molecule has 5 N–H and O–H groups in total. The molecule has 0 saturated heterocycles. The topological polar surface area (TPSA) is 108 Å². The van der Waals surface area contributed by atoms with Gasteiger partial charge < -0.3 is 26.0 Å². The summed E-state index contributed by atoms with van der Waals surface area (Å²) in [6, 6.07) is 9.55. The molecule has 0 heterocycles. The Balaban J connectivity index is 2.42. The molecule has 1 amide bonds. The quantitative estimate of drug-likeness (QED) is 0.725. The second-order valence-electron chi connectivity index (χ2n) is 4.37. The molecule has 0 aliphatic heterocycles. The van der Waals surface area contributed by atoms with Crippen molar-refractivity contribution in [1.29, 1.82) is 0 Å². The summed E-state index contributed by atoms with van der Waals surface area (Å²) >= 11 is 0. The first-order chi connectivity index (χ1) is 10.0. The molecule has 21 heavy (non-hydrogen) atoms. The fraction of sp³-hybridized carbons (Fsp3) is 0.133. The predicted molar refractivity (Wildman–Crippen MR) is 78.4 cm³/mol. The minimum atomic E-state index is -0.615. The Bertz CT molecular complexity index is 671. The van der Waals surface area contributed by atoms with Crippen molar-refractivity contribution in [1.82, 2.24) is 0 Å². The van der Waals surface area contributed by atoms with Crippen LogP contribution in [0.4, 0.5) is 5.69 Å². The van der Waals surface area contributed by atoms with Gasteiger partial charge in [-0.3, -0.25) is 4.79 Å². The number of rotatable bonds is 5. The van der Waals surface area contributed by atoms with E-state index in [1.807, 2.05) is 0 Å². The number of aliphatic hydroxyl groups excluding tert-OH is 1. The van der Waals surface area contributed by atoms with Gasteiger partial charge in [0, 0.05) is 11.8 Å². The molecule has 0 aliphatic carbocycles. The number of hydrogen-bond acceptors (Lipinski definition) is 5. The lowest BCUT2D eigenvalue weighted by Gasteiger charge is -2.13. The van der Waals surface area contributed by atoms with Crippen molar-refractivity contribution in [2.75, 3.05) is 12.8 Å². The van der Waals surface area contributed by atoms with Crippen molar-refractivity contribution >= 4 is 11.6 Å². The highest BCUT2D eigenvalue weighted by molar-refractivity contribution is 5.96. The number of methoxy groups -OCH3 is 1. The zero-order valence-electron chi connectivity index (χ0n) is 11.5. The molecule has 0 saturated carbocycles. The van der Waals surface area contributed by atoms with Crippen LogP contribution in [0.15, 0.2) is 36.4 Å². The van der Waals surface area contributed by atoms with Crippen LogP contribution in [-0.4, -0.2) is 18.1 Å². The zero-order valence-corrected chi connectivity index (χ0v) is 11.5. The third-order valence-electron chi connectivity index (χ3n) is 2.90. The van der Waals surface area contributed by atoms with Crippen LogP contribution in [0.25, 0.3) is 0 Å². The van der Waals surface area contributed by atoms with Crippen LogP contribution in [0.1, 0.15) is 15.9 Å². The van der Waals surface area contributed by atoms with Gasteiger partial charge in [0.25, 0.3) is 5.91 Å². The van der Waals surface area contributed by atoms with E-state index in [4.69, 9.17) is 26.0 Å². The van der Waals surface area contributed by atoms with E-state index >= 15 is 0 Å². The van der Waals surface area contributed by atoms with E-state index in [-0.39, 0.29) is 17.9 Å². The third kappa shape index (κ3) is 3.24. The maximum atomic E-state index is 11.4. The van der Waals surface area contributed by atoms with Crippen LogP contribution in [0.2, 0.25) is 0 Å². The number of benzene rings is 2. The minimum absolute atomic E-state index is 0.110. The lowest BCUT2D eigenvalue weighted by Crippen LogP contribution is -2.12. The molecule has 6 nitrogen and oxygen atoms in total. The fourth-order valence-corrected chi connectivity index (χ4v) is 1.84. The number of hydrogen-bond donors (Lipinski definition) is 3. The third-order valence-corrected chi connectivity index (χ3v) is 2.90. The van der Waals surface area contributed by atoms with Gasteiger partial charge in [-0.05, 0) is 29.8 Å². The van der Waals surface area contributed by atoms with E-state index < -0.39 is 5.91 Å². The standard InChI is InChI=1S/C15H16N2O4/c1-20-14-6-9(8-18)2-5-12(14)21-13-7-10(16)3-4-11(13)15(17)19/h2-7,18H,8,16H2,1H3,(H2,17,19). The first kappa shape index (κ1) is 14.7. The number of aliphatic hydroxyl groups is 1. The van der Waals surface area contributed by atoms with E-state index in [0.717, 1.165) is 0 Å². The predicted octanol–water partition coefficient (Wildman–Crippen LogP) is 1.66. The van der Waals surface area contributed by atoms with Gasteiger partial charge in [-0.15, -0.1) is 0 Å². The Morgan fingerprint density at radius 2 is 1.90 bits per heavy atom. The summed E-state index contributed by atoms with van der Waals surface area (Å²) in [5.74, 6) is 0.454.